The topological polar surface area (TPSA) is 43.2 Å². The minimum atomic E-state index is -0.0888. The molecule has 2 heterocycles. The molecule has 4 nitrogen and oxygen atoms in total. The van der Waals surface area contributed by atoms with Gasteiger partial charge in [-0.3, -0.25) is 0 Å². The molecule has 0 fully saturated rings. The van der Waals surface area contributed by atoms with Gasteiger partial charge < -0.3 is 9.47 Å². The number of nitrogens with zero attached hydrogens (tertiary/aromatic N) is 2. The molecule has 0 radical (unpaired) electrons. The molecule has 6 rings (SSSR count). The monoisotopic (exact) mass is 444 g/mol. The van der Waals surface area contributed by atoms with E-state index in [2.05, 4.69) is 36.4 Å². The van der Waals surface area contributed by atoms with E-state index in [0.29, 0.717) is 12.8 Å². The van der Waals surface area contributed by atoms with Gasteiger partial charge in [-0.05, 0) is 35.4 Å². The summed E-state index contributed by atoms with van der Waals surface area (Å²) < 4.78 is 12.6. The van der Waals surface area contributed by atoms with E-state index in [-0.39, 0.29) is 12.2 Å². The lowest BCUT2D eigenvalue weighted by Gasteiger charge is -2.28. The van der Waals surface area contributed by atoms with E-state index in [4.69, 9.17) is 19.7 Å². The van der Waals surface area contributed by atoms with Crippen molar-refractivity contribution in [1.82, 2.24) is 0 Å². The van der Waals surface area contributed by atoms with Crippen LogP contribution in [0.15, 0.2) is 119 Å². The molecule has 0 amide bonds. The minimum Gasteiger partial charge on any atom is -0.485 e. The van der Waals surface area contributed by atoms with E-state index < -0.39 is 0 Å². The maximum Gasteiger partial charge on any atom is 0.129 e. The molecule has 34 heavy (non-hydrogen) atoms. The van der Waals surface area contributed by atoms with E-state index in [1.165, 1.54) is 0 Å². The molecule has 0 aromatic heterocycles. The molecule has 4 aromatic carbocycles. The summed E-state index contributed by atoms with van der Waals surface area (Å²) in [6.07, 6.45) is 1.15. The Morgan fingerprint density at radius 2 is 0.853 bits per heavy atom. The summed E-state index contributed by atoms with van der Waals surface area (Å²) in [4.78, 5) is 0. The van der Waals surface area contributed by atoms with Crippen LogP contribution in [0.4, 0.5) is 0 Å². The molecule has 166 valence electrons. The fraction of sp³-hybridized carbons (Fsp3) is 0.133. The number of hydrogen-bond acceptors (Lipinski definition) is 4. The molecular weight excluding hydrogens is 420 g/mol. The van der Waals surface area contributed by atoms with Crippen LogP contribution in [0.2, 0.25) is 0 Å². The smallest absolute Gasteiger partial charge is 0.129 e. The van der Waals surface area contributed by atoms with Gasteiger partial charge in [0.2, 0.25) is 0 Å². The van der Waals surface area contributed by atoms with Crippen molar-refractivity contribution in [2.45, 2.75) is 25.0 Å². The fourth-order valence-corrected chi connectivity index (χ4v) is 4.59. The van der Waals surface area contributed by atoms with Crippen molar-refractivity contribution in [2.24, 2.45) is 10.2 Å². The molecule has 0 saturated heterocycles. The lowest BCUT2D eigenvalue weighted by molar-refractivity contribution is 0.205. The predicted octanol–water partition coefficient (Wildman–Crippen LogP) is 6.93. The molecule has 0 bridgehead atoms. The molecule has 2 aliphatic heterocycles. The zero-order valence-electron chi connectivity index (χ0n) is 18.7. The van der Waals surface area contributed by atoms with Crippen LogP contribution in [0.3, 0.4) is 0 Å². The highest BCUT2D eigenvalue weighted by molar-refractivity contribution is 6.07. The summed E-state index contributed by atoms with van der Waals surface area (Å²) in [7, 11) is 0. The average Bonchev–Trinajstić information content (AvgIpc) is 2.92. The van der Waals surface area contributed by atoms with Gasteiger partial charge in [0.15, 0.2) is 0 Å². The Labute approximate surface area is 199 Å². The van der Waals surface area contributed by atoms with Crippen LogP contribution in [0.5, 0.6) is 11.5 Å². The number of rotatable bonds is 3. The first kappa shape index (κ1) is 20.4. The Balaban J connectivity index is 1.39. The quantitative estimate of drug-likeness (QED) is 0.322. The van der Waals surface area contributed by atoms with Gasteiger partial charge in [0.1, 0.15) is 23.7 Å². The molecule has 2 atom stereocenters. The number of benzene rings is 4. The molecule has 2 aliphatic rings. The normalized spacial score (nSPS) is 21.3. The van der Waals surface area contributed by atoms with Gasteiger partial charge in [-0.1, -0.05) is 84.9 Å². The Kier molecular flexibility index (Phi) is 5.40. The summed E-state index contributed by atoms with van der Waals surface area (Å²) >= 11 is 0. The second kappa shape index (κ2) is 8.99. The average molecular weight is 445 g/mol. The third-order valence-corrected chi connectivity index (χ3v) is 6.33. The second-order valence-electron chi connectivity index (χ2n) is 8.53. The van der Waals surface area contributed by atoms with Crippen molar-refractivity contribution in [1.29, 1.82) is 0 Å². The van der Waals surface area contributed by atoms with Gasteiger partial charge >= 0.3 is 0 Å². The molecule has 4 heteroatoms. The van der Waals surface area contributed by atoms with E-state index in [9.17, 15) is 0 Å². The van der Waals surface area contributed by atoms with Crippen molar-refractivity contribution in [3.63, 3.8) is 0 Å². The maximum absolute atomic E-state index is 6.32. The van der Waals surface area contributed by atoms with E-state index >= 15 is 0 Å². The van der Waals surface area contributed by atoms with Gasteiger partial charge in [0.25, 0.3) is 0 Å². The third-order valence-electron chi connectivity index (χ3n) is 6.33. The zero-order chi connectivity index (χ0) is 22.7. The van der Waals surface area contributed by atoms with Crippen molar-refractivity contribution in [3.8, 4) is 11.5 Å². The van der Waals surface area contributed by atoms with Gasteiger partial charge in [0, 0.05) is 24.0 Å². The number of para-hydroxylation sites is 2. The molecular formula is C30H24N2O2. The zero-order valence-corrected chi connectivity index (χ0v) is 18.7. The van der Waals surface area contributed by atoms with Crippen molar-refractivity contribution >= 4 is 11.4 Å². The largest absolute Gasteiger partial charge is 0.485 e. The second-order valence-corrected chi connectivity index (χ2v) is 8.53. The van der Waals surface area contributed by atoms with E-state index in [1.54, 1.807) is 0 Å². The van der Waals surface area contributed by atoms with Gasteiger partial charge in [-0.2, -0.15) is 10.2 Å². The maximum atomic E-state index is 6.32. The molecule has 0 unspecified atom stereocenters. The Hall–Kier alpha value is -4.18. The first-order valence-electron chi connectivity index (χ1n) is 11.6. The van der Waals surface area contributed by atoms with Crippen molar-refractivity contribution in [2.75, 3.05) is 0 Å². The number of ether oxygens (including phenoxy) is 2. The Bertz CT molecular complexity index is 1260. The van der Waals surface area contributed by atoms with Crippen LogP contribution in [0.1, 0.15) is 47.3 Å². The molecule has 0 saturated carbocycles. The lowest BCUT2D eigenvalue weighted by atomic mass is 9.95. The first-order chi connectivity index (χ1) is 16.8. The summed E-state index contributed by atoms with van der Waals surface area (Å²) in [6.45, 7) is 0. The Morgan fingerprint density at radius 1 is 0.471 bits per heavy atom. The van der Waals surface area contributed by atoms with E-state index in [1.807, 2.05) is 72.8 Å². The van der Waals surface area contributed by atoms with Crippen LogP contribution in [-0.4, -0.2) is 11.4 Å². The predicted molar refractivity (Wildman–Crippen MR) is 135 cm³/mol. The number of fused-ring (bicyclic) bond motifs is 2. The molecule has 0 N–H and O–H groups in total. The highest BCUT2D eigenvalue weighted by atomic mass is 16.5. The summed E-state index contributed by atoms with van der Waals surface area (Å²) in [5.74, 6) is 1.69. The third kappa shape index (κ3) is 3.99. The highest BCUT2D eigenvalue weighted by Gasteiger charge is 2.28. The minimum absolute atomic E-state index is 0.0888. The van der Waals surface area contributed by atoms with Gasteiger partial charge in [-0.25, -0.2) is 0 Å². The number of hydrogen-bond donors (Lipinski definition) is 0. The SMILES string of the molecule is c1ccc([C@@H]2C/C(=N/N=C3\C[C@H](c4ccccc4)Oc4ccccc43)c3ccccc3O2)cc1. The van der Waals surface area contributed by atoms with Crippen LogP contribution in [0, 0.1) is 0 Å². The highest BCUT2D eigenvalue weighted by Crippen LogP contribution is 2.37. The standard InChI is InChI=1S/C30H24N2O2/c1-3-11-21(12-4-1)29-19-25(23-15-7-9-17-27(23)33-29)31-32-26-20-30(22-13-5-2-6-14-22)34-28-18-10-8-16-24(26)28/h1-18,29-30H,19-20H2/b31-25-,32-26+/t29-,30+/m0/s1. The van der Waals surface area contributed by atoms with Crippen molar-refractivity contribution < 1.29 is 9.47 Å². The van der Waals surface area contributed by atoms with E-state index in [0.717, 1.165) is 45.2 Å². The molecule has 4 aromatic rings. The summed E-state index contributed by atoms with van der Waals surface area (Å²) in [5, 5.41) is 9.64. The lowest BCUT2D eigenvalue weighted by Crippen LogP contribution is -2.22. The Morgan fingerprint density at radius 3 is 1.29 bits per heavy atom. The first-order valence-corrected chi connectivity index (χ1v) is 11.6. The van der Waals surface area contributed by atoms with Crippen LogP contribution < -0.4 is 9.47 Å². The van der Waals surface area contributed by atoms with Crippen LogP contribution in [-0.2, 0) is 0 Å². The summed E-state index contributed by atoms with van der Waals surface area (Å²) in [5.41, 5.74) is 6.14. The molecule has 0 aliphatic carbocycles. The fourth-order valence-electron chi connectivity index (χ4n) is 4.59. The van der Waals surface area contributed by atoms with Crippen LogP contribution in [0.25, 0.3) is 0 Å². The molecule has 0 spiro atoms. The van der Waals surface area contributed by atoms with Gasteiger partial charge in [0.05, 0.1) is 11.4 Å². The van der Waals surface area contributed by atoms with Crippen molar-refractivity contribution in [3.05, 3.63) is 131 Å². The van der Waals surface area contributed by atoms with Crippen LogP contribution >= 0.6 is 0 Å². The van der Waals surface area contributed by atoms with Gasteiger partial charge in [-0.15, -0.1) is 0 Å². The summed E-state index contributed by atoms with van der Waals surface area (Å²) in [6, 6.07) is 36.7.